The molecule has 0 spiro atoms. The second kappa shape index (κ2) is 6.27. The molecule has 1 N–H and O–H groups in total. The van der Waals surface area contributed by atoms with Crippen molar-refractivity contribution in [3.8, 4) is 0 Å². The molecule has 1 aliphatic rings. The summed E-state index contributed by atoms with van der Waals surface area (Å²) in [7, 11) is 0. The highest BCUT2D eigenvalue weighted by Crippen LogP contribution is 2.07. The number of ether oxygens (including phenoxy) is 1. The van der Waals surface area contributed by atoms with Crippen molar-refractivity contribution < 1.29 is 14.6 Å². The molecule has 0 aromatic heterocycles. The van der Waals surface area contributed by atoms with Gasteiger partial charge in [-0.05, 0) is 6.26 Å². The first-order valence-electron chi connectivity index (χ1n) is 4.77. The molecule has 0 aromatic carbocycles. The number of aliphatic hydroxyl groups is 1. The van der Waals surface area contributed by atoms with E-state index in [0.29, 0.717) is 26.1 Å². The van der Waals surface area contributed by atoms with E-state index in [1.807, 2.05) is 6.26 Å². The van der Waals surface area contributed by atoms with Crippen LogP contribution in [0.2, 0.25) is 0 Å². The van der Waals surface area contributed by atoms with E-state index in [2.05, 4.69) is 0 Å². The molecule has 1 atom stereocenters. The molecule has 1 fully saturated rings. The summed E-state index contributed by atoms with van der Waals surface area (Å²) in [6.45, 7) is 1.72. The lowest BCUT2D eigenvalue weighted by molar-refractivity contribution is -0.139. The zero-order chi connectivity index (χ0) is 10.4. The maximum atomic E-state index is 11.6. The fourth-order valence-electron chi connectivity index (χ4n) is 1.40. The summed E-state index contributed by atoms with van der Waals surface area (Å²) in [5.41, 5.74) is 0. The van der Waals surface area contributed by atoms with Crippen LogP contribution in [-0.4, -0.2) is 60.3 Å². The second-order valence-electron chi connectivity index (χ2n) is 3.26. The summed E-state index contributed by atoms with van der Waals surface area (Å²) < 4.78 is 5.26. The highest BCUT2D eigenvalue weighted by atomic mass is 32.2. The lowest BCUT2D eigenvalue weighted by Crippen LogP contribution is -2.46. The van der Waals surface area contributed by atoms with Crippen molar-refractivity contribution in [3.63, 3.8) is 0 Å². The largest absolute Gasteiger partial charge is 0.394 e. The van der Waals surface area contributed by atoms with Gasteiger partial charge in [0.25, 0.3) is 0 Å². The van der Waals surface area contributed by atoms with Gasteiger partial charge >= 0.3 is 0 Å². The van der Waals surface area contributed by atoms with Gasteiger partial charge in [-0.3, -0.25) is 4.79 Å². The number of morpholine rings is 1. The molecule has 0 radical (unpaired) electrons. The van der Waals surface area contributed by atoms with Gasteiger partial charge in [0.15, 0.2) is 0 Å². The third-order valence-electron chi connectivity index (χ3n) is 2.22. The van der Waals surface area contributed by atoms with Crippen molar-refractivity contribution in [3.05, 3.63) is 0 Å². The van der Waals surface area contributed by atoms with Gasteiger partial charge < -0.3 is 14.7 Å². The van der Waals surface area contributed by atoms with Gasteiger partial charge in [-0.1, -0.05) is 0 Å². The second-order valence-corrected chi connectivity index (χ2v) is 4.24. The van der Waals surface area contributed by atoms with Crippen molar-refractivity contribution in [1.82, 2.24) is 4.90 Å². The molecule has 1 unspecified atom stereocenters. The van der Waals surface area contributed by atoms with Crippen LogP contribution in [0.5, 0.6) is 0 Å². The summed E-state index contributed by atoms with van der Waals surface area (Å²) in [6, 6.07) is 0. The molecule has 1 saturated heterocycles. The van der Waals surface area contributed by atoms with E-state index >= 15 is 0 Å². The van der Waals surface area contributed by atoms with Crippen LogP contribution in [0.3, 0.4) is 0 Å². The van der Waals surface area contributed by atoms with Crippen LogP contribution >= 0.6 is 11.8 Å². The molecule has 0 aromatic rings. The molecule has 1 heterocycles. The number of amides is 1. The molecular weight excluding hydrogens is 202 g/mol. The Hall–Kier alpha value is -0.260. The number of hydrogen-bond acceptors (Lipinski definition) is 4. The van der Waals surface area contributed by atoms with E-state index < -0.39 is 0 Å². The molecule has 1 rings (SSSR count). The van der Waals surface area contributed by atoms with E-state index in [9.17, 15) is 4.79 Å². The number of rotatable bonds is 4. The molecule has 5 heteroatoms. The normalized spacial score (nSPS) is 22.4. The number of nitrogens with zero attached hydrogens (tertiary/aromatic N) is 1. The fraction of sp³-hybridized carbons (Fsp3) is 0.889. The summed E-state index contributed by atoms with van der Waals surface area (Å²) in [4.78, 5) is 13.4. The van der Waals surface area contributed by atoms with Gasteiger partial charge in [0.05, 0.1) is 19.3 Å². The Balaban J connectivity index is 2.31. The summed E-state index contributed by atoms with van der Waals surface area (Å²) in [5.74, 6) is 1.03. The van der Waals surface area contributed by atoms with Gasteiger partial charge in [-0.15, -0.1) is 0 Å². The van der Waals surface area contributed by atoms with Crippen LogP contribution in [0.15, 0.2) is 0 Å². The van der Waals surface area contributed by atoms with Crippen LogP contribution in [0, 0.1) is 0 Å². The molecule has 0 saturated carbocycles. The molecule has 82 valence electrons. The number of carbonyl (C=O) groups is 1. The van der Waals surface area contributed by atoms with Crippen molar-refractivity contribution in [1.29, 1.82) is 0 Å². The number of carbonyl (C=O) groups excluding carboxylic acids is 1. The predicted molar refractivity (Wildman–Crippen MR) is 56.4 cm³/mol. The van der Waals surface area contributed by atoms with Crippen molar-refractivity contribution >= 4 is 17.7 Å². The molecular formula is C9H17NO3S. The highest BCUT2D eigenvalue weighted by molar-refractivity contribution is 7.98. The third kappa shape index (κ3) is 3.48. The SMILES string of the molecule is CSCCC(=O)N1CCOC(CO)C1. The van der Waals surface area contributed by atoms with Crippen molar-refractivity contribution in [2.24, 2.45) is 0 Å². The first-order chi connectivity index (χ1) is 6.77. The third-order valence-corrected chi connectivity index (χ3v) is 2.83. The molecule has 1 amide bonds. The zero-order valence-electron chi connectivity index (χ0n) is 8.44. The van der Waals surface area contributed by atoms with Crippen molar-refractivity contribution in [2.75, 3.05) is 38.3 Å². The van der Waals surface area contributed by atoms with E-state index in [1.165, 1.54) is 0 Å². The topological polar surface area (TPSA) is 49.8 Å². The van der Waals surface area contributed by atoms with Gasteiger partial charge in [-0.2, -0.15) is 11.8 Å². The highest BCUT2D eigenvalue weighted by Gasteiger charge is 2.22. The van der Waals surface area contributed by atoms with E-state index in [-0.39, 0.29) is 18.6 Å². The Bertz CT molecular complexity index is 189. The Morgan fingerprint density at radius 1 is 1.71 bits per heavy atom. The Morgan fingerprint density at radius 2 is 2.50 bits per heavy atom. The average molecular weight is 219 g/mol. The summed E-state index contributed by atoms with van der Waals surface area (Å²) in [5, 5.41) is 8.90. The Kier molecular flexibility index (Phi) is 5.29. The maximum absolute atomic E-state index is 11.6. The van der Waals surface area contributed by atoms with Gasteiger partial charge in [0.1, 0.15) is 0 Å². The van der Waals surface area contributed by atoms with Crippen LogP contribution < -0.4 is 0 Å². The average Bonchev–Trinajstić information content (AvgIpc) is 2.26. The Labute approximate surface area is 88.6 Å². The number of aliphatic hydroxyl groups excluding tert-OH is 1. The fourth-order valence-corrected chi connectivity index (χ4v) is 1.78. The lowest BCUT2D eigenvalue weighted by atomic mass is 10.2. The van der Waals surface area contributed by atoms with Crippen molar-refractivity contribution in [2.45, 2.75) is 12.5 Å². The van der Waals surface area contributed by atoms with Crippen LogP contribution in [0.4, 0.5) is 0 Å². The zero-order valence-corrected chi connectivity index (χ0v) is 9.26. The Morgan fingerprint density at radius 3 is 3.14 bits per heavy atom. The maximum Gasteiger partial charge on any atom is 0.223 e. The van der Waals surface area contributed by atoms with Gasteiger partial charge in [-0.25, -0.2) is 0 Å². The molecule has 0 aliphatic carbocycles. The van der Waals surface area contributed by atoms with Gasteiger partial charge in [0, 0.05) is 25.3 Å². The number of thioether (sulfide) groups is 1. The first kappa shape index (κ1) is 11.8. The van der Waals surface area contributed by atoms with Crippen LogP contribution in [0.25, 0.3) is 0 Å². The molecule has 14 heavy (non-hydrogen) atoms. The van der Waals surface area contributed by atoms with Crippen LogP contribution in [-0.2, 0) is 9.53 Å². The predicted octanol–water partition coefficient (Wildman–Crippen LogP) is -0.0408. The van der Waals surface area contributed by atoms with E-state index in [1.54, 1.807) is 16.7 Å². The minimum Gasteiger partial charge on any atom is -0.394 e. The lowest BCUT2D eigenvalue weighted by Gasteiger charge is -2.32. The standard InChI is InChI=1S/C9H17NO3S/c1-14-5-2-9(12)10-3-4-13-8(6-10)7-11/h8,11H,2-7H2,1H3. The van der Waals surface area contributed by atoms with E-state index in [0.717, 1.165) is 5.75 Å². The molecule has 0 bridgehead atoms. The first-order valence-corrected chi connectivity index (χ1v) is 6.16. The smallest absolute Gasteiger partial charge is 0.223 e. The van der Waals surface area contributed by atoms with Crippen LogP contribution in [0.1, 0.15) is 6.42 Å². The summed E-state index contributed by atoms with van der Waals surface area (Å²) >= 11 is 1.67. The van der Waals surface area contributed by atoms with Gasteiger partial charge in [0.2, 0.25) is 5.91 Å². The molecule has 1 aliphatic heterocycles. The number of hydrogen-bond donors (Lipinski definition) is 1. The minimum absolute atomic E-state index is 0.00763. The minimum atomic E-state index is -0.193. The monoisotopic (exact) mass is 219 g/mol. The summed E-state index contributed by atoms with van der Waals surface area (Å²) in [6.07, 6.45) is 2.38. The van der Waals surface area contributed by atoms with E-state index in [4.69, 9.17) is 9.84 Å². The quantitative estimate of drug-likeness (QED) is 0.721. The molecule has 4 nitrogen and oxygen atoms in total.